The molecule has 0 radical (unpaired) electrons. The molecule has 0 saturated carbocycles. The summed E-state index contributed by atoms with van der Waals surface area (Å²) in [6, 6.07) is 58.4. The van der Waals surface area contributed by atoms with Crippen LogP contribution in [0.2, 0.25) is 0 Å². The van der Waals surface area contributed by atoms with Crippen LogP contribution in [0.1, 0.15) is 25.0 Å². The number of hydrogen-bond donors (Lipinski definition) is 0. The van der Waals surface area contributed by atoms with Gasteiger partial charge in [0.15, 0.2) is 17.5 Å². The van der Waals surface area contributed by atoms with Gasteiger partial charge in [0.1, 0.15) is 0 Å². The Labute approximate surface area is 307 Å². The predicted molar refractivity (Wildman–Crippen MR) is 217 cm³/mol. The van der Waals surface area contributed by atoms with Crippen LogP contribution in [0.25, 0.3) is 87.7 Å². The van der Waals surface area contributed by atoms with Crippen molar-refractivity contribution < 1.29 is 0 Å². The van der Waals surface area contributed by atoms with E-state index in [-0.39, 0.29) is 5.41 Å². The van der Waals surface area contributed by atoms with Gasteiger partial charge in [0, 0.05) is 42.3 Å². The predicted octanol–water partition coefficient (Wildman–Crippen LogP) is 12.9. The summed E-state index contributed by atoms with van der Waals surface area (Å²) in [5, 5.41) is 2.57. The summed E-state index contributed by atoms with van der Waals surface area (Å²) in [5.41, 5.74) is 12.6. The Morgan fingerprint density at radius 2 is 0.962 bits per heavy atom. The standard InChI is InChI=1S/C48H33N3S/c1-48(2)41-22-11-9-18-37(41)38-25-24-32(29-42(38)48)46-49-45(31-16-7-4-8-17-31)50-47(51-46)35-27-33(30-14-5-3-6-15-30)26-34(28-35)36-20-13-21-40-39-19-10-12-23-43(39)52-44(36)40/h3-29H,1-2H3. The molecule has 3 nitrogen and oxygen atoms in total. The molecule has 9 aromatic rings. The highest BCUT2D eigenvalue weighted by atomic mass is 32.1. The maximum Gasteiger partial charge on any atom is 0.164 e. The van der Waals surface area contributed by atoms with E-state index >= 15 is 0 Å². The van der Waals surface area contributed by atoms with Crippen molar-refractivity contribution in [2.24, 2.45) is 0 Å². The zero-order valence-corrected chi connectivity index (χ0v) is 29.7. The molecule has 0 aliphatic heterocycles. The largest absolute Gasteiger partial charge is 0.208 e. The van der Waals surface area contributed by atoms with E-state index in [0.717, 1.165) is 33.4 Å². The average molecular weight is 684 g/mol. The minimum absolute atomic E-state index is 0.132. The van der Waals surface area contributed by atoms with Crippen molar-refractivity contribution in [1.29, 1.82) is 0 Å². The molecule has 2 heterocycles. The van der Waals surface area contributed by atoms with Crippen LogP contribution < -0.4 is 0 Å². The normalized spacial score (nSPS) is 13.0. The van der Waals surface area contributed by atoms with Gasteiger partial charge in [0.2, 0.25) is 0 Å². The molecule has 10 rings (SSSR count). The van der Waals surface area contributed by atoms with Crippen molar-refractivity contribution >= 4 is 31.5 Å². The highest BCUT2D eigenvalue weighted by Crippen LogP contribution is 2.49. The molecule has 246 valence electrons. The van der Waals surface area contributed by atoms with Crippen molar-refractivity contribution in [2.75, 3.05) is 0 Å². The maximum atomic E-state index is 5.27. The first-order valence-electron chi connectivity index (χ1n) is 17.7. The molecule has 0 amide bonds. The molecule has 0 unspecified atom stereocenters. The second-order valence-corrected chi connectivity index (χ2v) is 15.1. The lowest BCUT2D eigenvalue weighted by molar-refractivity contribution is 0.660. The van der Waals surface area contributed by atoms with Crippen LogP contribution in [0.15, 0.2) is 164 Å². The van der Waals surface area contributed by atoms with Crippen molar-refractivity contribution in [2.45, 2.75) is 19.3 Å². The molecule has 1 aliphatic rings. The number of benzene rings is 7. The molecule has 1 aliphatic carbocycles. The SMILES string of the molecule is CC1(C)c2ccccc2-c2ccc(-c3nc(-c4ccccc4)nc(-c4cc(-c5ccccc5)cc(-c5cccc6c5sc5ccccc56)c4)n3)cc21. The molecule has 0 spiro atoms. The summed E-state index contributed by atoms with van der Waals surface area (Å²) in [4.78, 5) is 15.6. The smallest absolute Gasteiger partial charge is 0.164 e. The van der Waals surface area contributed by atoms with Crippen LogP contribution >= 0.6 is 11.3 Å². The number of fused-ring (bicyclic) bond motifs is 6. The molecule has 0 atom stereocenters. The van der Waals surface area contributed by atoms with Crippen LogP contribution in [0.4, 0.5) is 0 Å². The number of hydrogen-bond acceptors (Lipinski definition) is 4. The zero-order chi connectivity index (χ0) is 34.8. The Morgan fingerprint density at radius 3 is 1.77 bits per heavy atom. The van der Waals surface area contributed by atoms with Crippen molar-refractivity contribution in [3.63, 3.8) is 0 Å². The summed E-state index contributed by atoms with van der Waals surface area (Å²) in [6.45, 7) is 4.62. The Kier molecular flexibility index (Phi) is 7.02. The summed E-state index contributed by atoms with van der Waals surface area (Å²) in [6.07, 6.45) is 0. The molecular weight excluding hydrogens is 651 g/mol. The van der Waals surface area contributed by atoms with Crippen molar-refractivity contribution in [1.82, 2.24) is 15.0 Å². The Bertz CT molecular complexity index is 2820. The van der Waals surface area contributed by atoms with Gasteiger partial charge in [-0.2, -0.15) is 0 Å². The highest BCUT2D eigenvalue weighted by Gasteiger charge is 2.35. The lowest BCUT2D eigenvalue weighted by Gasteiger charge is -2.21. The van der Waals surface area contributed by atoms with Crippen LogP contribution in [0.3, 0.4) is 0 Å². The molecule has 2 aromatic heterocycles. The third-order valence-electron chi connectivity index (χ3n) is 10.5. The third kappa shape index (κ3) is 4.98. The first-order valence-corrected chi connectivity index (χ1v) is 18.5. The molecular formula is C48H33N3S. The lowest BCUT2D eigenvalue weighted by atomic mass is 9.82. The van der Waals surface area contributed by atoms with Gasteiger partial charge in [0.25, 0.3) is 0 Å². The average Bonchev–Trinajstić information content (AvgIpc) is 3.70. The molecule has 4 heteroatoms. The van der Waals surface area contributed by atoms with E-state index in [1.807, 2.05) is 29.5 Å². The van der Waals surface area contributed by atoms with Crippen LogP contribution in [-0.4, -0.2) is 15.0 Å². The van der Waals surface area contributed by atoms with E-state index in [4.69, 9.17) is 15.0 Å². The Balaban J connectivity index is 1.19. The number of aromatic nitrogens is 3. The summed E-state index contributed by atoms with van der Waals surface area (Å²) in [7, 11) is 0. The van der Waals surface area contributed by atoms with Gasteiger partial charge in [-0.1, -0.05) is 147 Å². The van der Waals surface area contributed by atoms with Gasteiger partial charge < -0.3 is 0 Å². The van der Waals surface area contributed by atoms with Gasteiger partial charge in [-0.25, -0.2) is 15.0 Å². The minimum atomic E-state index is -0.132. The third-order valence-corrected chi connectivity index (χ3v) is 11.7. The summed E-state index contributed by atoms with van der Waals surface area (Å²) < 4.78 is 2.57. The molecule has 52 heavy (non-hydrogen) atoms. The Morgan fingerprint density at radius 1 is 0.385 bits per heavy atom. The quantitative estimate of drug-likeness (QED) is 0.181. The van der Waals surface area contributed by atoms with E-state index in [2.05, 4.69) is 159 Å². The van der Waals surface area contributed by atoms with Gasteiger partial charge in [-0.15, -0.1) is 11.3 Å². The second kappa shape index (κ2) is 11.9. The first-order chi connectivity index (χ1) is 25.5. The van der Waals surface area contributed by atoms with Gasteiger partial charge in [-0.05, 0) is 74.8 Å². The first kappa shape index (κ1) is 30.6. The van der Waals surface area contributed by atoms with E-state index in [9.17, 15) is 0 Å². The fraction of sp³-hybridized carbons (Fsp3) is 0.0625. The molecule has 0 fully saturated rings. The monoisotopic (exact) mass is 683 g/mol. The fourth-order valence-electron chi connectivity index (χ4n) is 7.88. The maximum absolute atomic E-state index is 5.27. The molecule has 7 aromatic carbocycles. The molecule has 0 N–H and O–H groups in total. The number of nitrogens with zero attached hydrogens (tertiary/aromatic N) is 3. The number of rotatable bonds is 5. The second-order valence-electron chi connectivity index (χ2n) is 14.0. The fourth-order valence-corrected chi connectivity index (χ4v) is 9.12. The Hall–Kier alpha value is -6.23. The molecule has 0 bridgehead atoms. The van der Waals surface area contributed by atoms with E-state index in [1.165, 1.54) is 48.0 Å². The zero-order valence-electron chi connectivity index (χ0n) is 28.8. The van der Waals surface area contributed by atoms with Gasteiger partial charge >= 0.3 is 0 Å². The lowest BCUT2D eigenvalue weighted by Crippen LogP contribution is -2.15. The molecule has 0 saturated heterocycles. The van der Waals surface area contributed by atoms with E-state index in [1.54, 1.807) is 0 Å². The summed E-state index contributed by atoms with van der Waals surface area (Å²) >= 11 is 1.85. The van der Waals surface area contributed by atoms with Crippen LogP contribution in [0.5, 0.6) is 0 Å². The summed E-state index contributed by atoms with van der Waals surface area (Å²) in [5.74, 6) is 1.97. The van der Waals surface area contributed by atoms with Crippen LogP contribution in [-0.2, 0) is 5.41 Å². The van der Waals surface area contributed by atoms with Crippen molar-refractivity contribution in [3.05, 3.63) is 175 Å². The minimum Gasteiger partial charge on any atom is -0.208 e. The van der Waals surface area contributed by atoms with Crippen molar-refractivity contribution in [3.8, 4) is 67.5 Å². The topological polar surface area (TPSA) is 38.7 Å². The van der Waals surface area contributed by atoms with E-state index in [0.29, 0.717) is 17.5 Å². The van der Waals surface area contributed by atoms with Gasteiger partial charge in [-0.3, -0.25) is 0 Å². The van der Waals surface area contributed by atoms with Crippen LogP contribution in [0, 0.1) is 0 Å². The number of thiophene rings is 1. The highest BCUT2D eigenvalue weighted by molar-refractivity contribution is 7.26. The van der Waals surface area contributed by atoms with E-state index < -0.39 is 0 Å². The van der Waals surface area contributed by atoms with Gasteiger partial charge in [0.05, 0.1) is 0 Å².